The molecule has 0 aromatic carbocycles. The number of methoxy groups -OCH3 is 1. The highest BCUT2D eigenvalue weighted by Crippen LogP contribution is 1.90. The van der Waals surface area contributed by atoms with Crippen LogP contribution in [0.15, 0.2) is 9.32 Å². The lowest BCUT2D eigenvalue weighted by molar-refractivity contribution is 0.199. The molecule has 0 amide bonds. The highest BCUT2D eigenvalue weighted by atomic mass is 16.5. The number of rotatable bonds is 3. The topological polar surface area (TPSA) is 57.3 Å². The maximum absolute atomic E-state index is 10.7. The monoisotopic (exact) mass is 158 g/mol. The molecular formula is C6H10N2O3. The van der Waals surface area contributed by atoms with Crippen LogP contribution in [0.25, 0.3) is 0 Å². The van der Waals surface area contributed by atoms with E-state index in [9.17, 15) is 4.79 Å². The van der Waals surface area contributed by atoms with Gasteiger partial charge in [-0.1, -0.05) is 5.16 Å². The third-order valence-electron chi connectivity index (χ3n) is 1.42. The second-order valence-electron chi connectivity index (χ2n) is 2.17. The molecule has 1 heterocycles. The van der Waals surface area contributed by atoms with E-state index >= 15 is 0 Å². The van der Waals surface area contributed by atoms with Gasteiger partial charge in [0.25, 0.3) is 0 Å². The zero-order valence-corrected chi connectivity index (χ0v) is 6.53. The van der Waals surface area contributed by atoms with Crippen LogP contribution in [-0.2, 0) is 18.2 Å². The van der Waals surface area contributed by atoms with Crippen LogP contribution in [0.3, 0.4) is 0 Å². The van der Waals surface area contributed by atoms with E-state index in [1.165, 1.54) is 4.57 Å². The van der Waals surface area contributed by atoms with Crippen molar-refractivity contribution in [1.82, 2.24) is 9.72 Å². The van der Waals surface area contributed by atoms with Crippen molar-refractivity contribution in [1.29, 1.82) is 0 Å². The molecule has 0 unspecified atom stereocenters. The quantitative estimate of drug-likeness (QED) is 0.598. The van der Waals surface area contributed by atoms with E-state index < -0.39 is 5.76 Å². The molecule has 0 saturated heterocycles. The standard InChI is InChI=1S/C6H10N2O3/c1-8-5(3-4-10-2)7-11-6(8)9/h3-4H2,1-2H3. The van der Waals surface area contributed by atoms with Crippen LogP contribution in [0.1, 0.15) is 5.82 Å². The summed E-state index contributed by atoms with van der Waals surface area (Å²) in [4.78, 5) is 10.7. The first-order valence-corrected chi connectivity index (χ1v) is 3.26. The van der Waals surface area contributed by atoms with E-state index in [0.29, 0.717) is 18.9 Å². The lowest BCUT2D eigenvalue weighted by atomic mass is 10.4. The number of hydrogen-bond acceptors (Lipinski definition) is 4. The van der Waals surface area contributed by atoms with Gasteiger partial charge in [0, 0.05) is 20.6 Å². The molecule has 0 fully saturated rings. The number of nitrogens with zero attached hydrogens (tertiary/aromatic N) is 2. The van der Waals surface area contributed by atoms with Crippen molar-refractivity contribution in [3.05, 3.63) is 16.4 Å². The zero-order valence-electron chi connectivity index (χ0n) is 6.53. The molecule has 0 aliphatic rings. The van der Waals surface area contributed by atoms with Gasteiger partial charge in [-0.2, -0.15) is 0 Å². The Bertz CT molecular complexity index is 276. The fraction of sp³-hybridized carbons (Fsp3) is 0.667. The summed E-state index contributed by atoms with van der Waals surface area (Å²) in [5.74, 6) is 0.174. The molecule has 1 aromatic heterocycles. The van der Waals surface area contributed by atoms with E-state index in [2.05, 4.69) is 9.68 Å². The van der Waals surface area contributed by atoms with Gasteiger partial charge in [0.05, 0.1) is 6.61 Å². The van der Waals surface area contributed by atoms with Crippen molar-refractivity contribution >= 4 is 0 Å². The van der Waals surface area contributed by atoms with Gasteiger partial charge in [0.2, 0.25) is 0 Å². The minimum absolute atomic E-state index is 0.434. The summed E-state index contributed by atoms with van der Waals surface area (Å²) in [7, 11) is 3.21. The van der Waals surface area contributed by atoms with Crippen molar-refractivity contribution in [3.63, 3.8) is 0 Å². The third-order valence-corrected chi connectivity index (χ3v) is 1.42. The fourth-order valence-electron chi connectivity index (χ4n) is 0.726. The Kier molecular flexibility index (Phi) is 2.43. The van der Waals surface area contributed by atoms with E-state index in [1.54, 1.807) is 14.2 Å². The summed E-state index contributed by atoms with van der Waals surface area (Å²) in [6.07, 6.45) is 0.596. The Hall–Kier alpha value is -1.10. The number of aromatic nitrogens is 2. The fourth-order valence-corrected chi connectivity index (χ4v) is 0.726. The van der Waals surface area contributed by atoms with Crippen LogP contribution in [0.2, 0.25) is 0 Å². The molecule has 1 aromatic rings. The lowest BCUT2D eigenvalue weighted by Gasteiger charge is -1.95. The summed E-state index contributed by atoms with van der Waals surface area (Å²) in [6.45, 7) is 0.541. The molecule has 0 aliphatic carbocycles. The van der Waals surface area contributed by atoms with Crippen LogP contribution < -0.4 is 5.76 Å². The summed E-state index contributed by atoms with van der Waals surface area (Å²) >= 11 is 0. The molecule has 0 spiro atoms. The lowest BCUT2D eigenvalue weighted by Crippen LogP contribution is -2.13. The minimum atomic E-state index is -0.434. The normalized spacial score (nSPS) is 10.4. The molecule has 1 rings (SSSR count). The predicted octanol–water partition coefficient (Wildman–Crippen LogP) is -0.438. The van der Waals surface area contributed by atoms with Crippen LogP contribution >= 0.6 is 0 Å². The molecule has 0 saturated carbocycles. The molecule has 0 bridgehead atoms. The van der Waals surface area contributed by atoms with Gasteiger partial charge in [-0.05, 0) is 0 Å². The molecule has 11 heavy (non-hydrogen) atoms. The largest absolute Gasteiger partial charge is 0.441 e. The first-order valence-electron chi connectivity index (χ1n) is 3.26. The second kappa shape index (κ2) is 3.34. The van der Waals surface area contributed by atoms with E-state index in [0.717, 1.165) is 0 Å². The average Bonchev–Trinajstić information content (AvgIpc) is 2.31. The first-order chi connectivity index (χ1) is 5.25. The summed E-state index contributed by atoms with van der Waals surface area (Å²) in [5.41, 5.74) is 0. The average molecular weight is 158 g/mol. The molecular weight excluding hydrogens is 148 g/mol. The van der Waals surface area contributed by atoms with Crippen LogP contribution in [0.5, 0.6) is 0 Å². The van der Waals surface area contributed by atoms with E-state index in [4.69, 9.17) is 4.74 Å². The minimum Gasteiger partial charge on any atom is -0.384 e. The third kappa shape index (κ3) is 1.68. The maximum atomic E-state index is 10.7. The maximum Gasteiger partial charge on any atom is 0.441 e. The van der Waals surface area contributed by atoms with Gasteiger partial charge in [0.1, 0.15) is 0 Å². The smallest absolute Gasteiger partial charge is 0.384 e. The Labute approximate surface area is 63.6 Å². The Morgan fingerprint density at radius 2 is 2.45 bits per heavy atom. The van der Waals surface area contributed by atoms with Crippen LogP contribution in [0.4, 0.5) is 0 Å². The summed E-state index contributed by atoms with van der Waals surface area (Å²) in [5, 5.41) is 3.55. The van der Waals surface area contributed by atoms with E-state index in [-0.39, 0.29) is 0 Å². The molecule has 5 nitrogen and oxygen atoms in total. The number of hydrogen-bond donors (Lipinski definition) is 0. The molecule has 0 radical (unpaired) electrons. The zero-order chi connectivity index (χ0) is 8.27. The van der Waals surface area contributed by atoms with E-state index in [1.807, 2.05) is 0 Å². The van der Waals surface area contributed by atoms with Crippen molar-refractivity contribution in [2.24, 2.45) is 7.05 Å². The van der Waals surface area contributed by atoms with Crippen molar-refractivity contribution < 1.29 is 9.26 Å². The molecule has 0 N–H and O–H groups in total. The van der Waals surface area contributed by atoms with Crippen LogP contribution in [0, 0.1) is 0 Å². The van der Waals surface area contributed by atoms with Crippen molar-refractivity contribution in [2.45, 2.75) is 6.42 Å². The van der Waals surface area contributed by atoms with Crippen LogP contribution in [-0.4, -0.2) is 23.4 Å². The highest BCUT2D eigenvalue weighted by molar-refractivity contribution is 4.81. The van der Waals surface area contributed by atoms with Gasteiger partial charge in [-0.3, -0.25) is 9.09 Å². The molecule has 62 valence electrons. The molecule has 5 heteroatoms. The van der Waals surface area contributed by atoms with Crippen molar-refractivity contribution in [3.8, 4) is 0 Å². The SMILES string of the molecule is COCCc1noc(=O)n1C. The molecule has 0 aliphatic heterocycles. The Balaban J connectivity index is 2.71. The Morgan fingerprint density at radius 1 is 1.73 bits per heavy atom. The van der Waals surface area contributed by atoms with Gasteiger partial charge in [0.15, 0.2) is 5.82 Å². The second-order valence-corrected chi connectivity index (χ2v) is 2.17. The summed E-state index contributed by atoms with van der Waals surface area (Å²) in [6, 6.07) is 0. The summed E-state index contributed by atoms with van der Waals surface area (Å²) < 4.78 is 10.6. The first kappa shape index (κ1) is 8.00. The highest BCUT2D eigenvalue weighted by Gasteiger charge is 2.04. The van der Waals surface area contributed by atoms with Gasteiger partial charge < -0.3 is 4.74 Å². The number of ether oxygens (including phenoxy) is 1. The van der Waals surface area contributed by atoms with Gasteiger partial charge in [-0.15, -0.1) is 0 Å². The van der Waals surface area contributed by atoms with Gasteiger partial charge >= 0.3 is 5.76 Å². The van der Waals surface area contributed by atoms with Crippen molar-refractivity contribution in [2.75, 3.05) is 13.7 Å². The Morgan fingerprint density at radius 3 is 2.91 bits per heavy atom. The molecule has 0 atom stereocenters. The predicted molar refractivity (Wildman–Crippen MR) is 37.3 cm³/mol. The van der Waals surface area contributed by atoms with Gasteiger partial charge in [-0.25, -0.2) is 4.79 Å².